The van der Waals surface area contributed by atoms with Crippen LogP contribution in [0, 0.1) is 11.6 Å². The SMILES string of the molecule is CCCc1nc(Br)cc(Oc2ccc(F)c(F)c2)n1. The molecule has 1 aromatic heterocycles. The summed E-state index contributed by atoms with van der Waals surface area (Å²) in [5.74, 6) is -0.764. The summed E-state index contributed by atoms with van der Waals surface area (Å²) in [7, 11) is 0. The monoisotopic (exact) mass is 328 g/mol. The molecule has 0 spiro atoms. The molecule has 0 saturated heterocycles. The van der Waals surface area contributed by atoms with Crippen LogP contribution in [0.1, 0.15) is 19.2 Å². The van der Waals surface area contributed by atoms with Gasteiger partial charge >= 0.3 is 0 Å². The fourth-order valence-corrected chi connectivity index (χ4v) is 1.89. The van der Waals surface area contributed by atoms with Gasteiger partial charge in [0.15, 0.2) is 11.6 Å². The highest BCUT2D eigenvalue weighted by Crippen LogP contribution is 2.23. The third kappa shape index (κ3) is 3.70. The Bertz CT molecular complexity index is 593. The lowest BCUT2D eigenvalue weighted by molar-refractivity contribution is 0.443. The molecule has 0 amide bonds. The summed E-state index contributed by atoms with van der Waals surface area (Å²) in [6.07, 6.45) is 1.62. The molecule has 0 aliphatic carbocycles. The van der Waals surface area contributed by atoms with Gasteiger partial charge in [0.1, 0.15) is 16.2 Å². The van der Waals surface area contributed by atoms with Crippen LogP contribution in [0.3, 0.4) is 0 Å². The van der Waals surface area contributed by atoms with Crippen molar-refractivity contribution < 1.29 is 13.5 Å². The lowest BCUT2D eigenvalue weighted by Crippen LogP contribution is -1.98. The summed E-state index contributed by atoms with van der Waals surface area (Å²) < 4.78 is 31.8. The Labute approximate surface area is 117 Å². The second kappa shape index (κ2) is 6.06. The molecule has 0 bridgehead atoms. The minimum absolute atomic E-state index is 0.187. The Morgan fingerprint density at radius 2 is 1.95 bits per heavy atom. The lowest BCUT2D eigenvalue weighted by Gasteiger charge is -2.07. The van der Waals surface area contributed by atoms with Crippen LogP contribution in [0.4, 0.5) is 8.78 Å². The number of rotatable bonds is 4. The van der Waals surface area contributed by atoms with E-state index in [9.17, 15) is 8.78 Å². The van der Waals surface area contributed by atoms with Gasteiger partial charge in [0, 0.05) is 18.6 Å². The van der Waals surface area contributed by atoms with E-state index in [4.69, 9.17) is 4.74 Å². The maximum absolute atomic E-state index is 13.1. The van der Waals surface area contributed by atoms with Gasteiger partial charge in [-0.1, -0.05) is 6.92 Å². The summed E-state index contributed by atoms with van der Waals surface area (Å²) in [6.45, 7) is 2.01. The van der Waals surface area contributed by atoms with Crippen molar-refractivity contribution in [2.45, 2.75) is 19.8 Å². The van der Waals surface area contributed by atoms with Crippen molar-refractivity contribution in [1.82, 2.24) is 9.97 Å². The highest BCUT2D eigenvalue weighted by atomic mass is 79.9. The number of hydrogen-bond acceptors (Lipinski definition) is 3. The molecule has 100 valence electrons. The Hall–Kier alpha value is -1.56. The highest BCUT2D eigenvalue weighted by molar-refractivity contribution is 9.10. The molecule has 1 aromatic carbocycles. The number of aryl methyl sites for hydroxylation is 1. The summed E-state index contributed by atoms with van der Waals surface area (Å²) in [4.78, 5) is 8.38. The van der Waals surface area contributed by atoms with E-state index in [-0.39, 0.29) is 11.6 Å². The molecule has 0 unspecified atom stereocenters. The average Bonchev–Trinajstić information content (AvgIpc) is 2.33. The Morgan fingerprint density at radius 1 is 1.16 bits per heavy atom. The lowest BCUT2D eigenvalue weighted by atomic mass is 10.3. The van der Waals surface area contributed by atoms with Crippen LogP contribution >= 0.6 is 15.9 Å². The molecule has 0 atom stereocenters. The smallest absolute Gasteiger partial charge is 0.223 e. The van der Waals surface area contributed by atoms with Crippen molar-refractivity contribution in [2.75, 3.05) is 0 Å². The Balaban J connectivity index is 2.24. The molecule has 0 fully saturated rings. The van der Waals surface area contributed by atoms with Crippen molar-refractivity contribution >= 4 is 15.9 Å². The van der Waals surface area contributed by atoms with Gasteiger partial charge in [0.05, 0.1) is 0 Å². The summed E-state index contributed by atoms with van der Waals surface area (Å²) >= 11 is 3.26. The number of halogens is 3. The second-order valence-electron chi connectivity index (χ2n) is 3.87. The molecule has 0 aliphatic rings. The van der Waals surface area contributed by atoms with Crippen molar-refractivity contribution in [3.8, 4) is 11.6 Å². The zero-order valence-corrected chi connectivity index (χ0v) is 11.7. The van der Waals surface area contributed by atoms with Gasteiger partial charge in [-0.15, -0.1) is 0 Å². The highest BCUT2D eigenvalue weighted by Gasteiger charge is 2.07. The molecule has 2 aromatic rings. The van der Waals surface area contributed by atoms with Crippen LogP contribution in [-0.4, -0.2) is 9.97 Å². The minimum atomic E-state index is -0.959. The van der Waals surface area contributed by atoms with Crippen LogP contribution < -0.4 is 4.74 Å². The quantitative estimate of drug-likeness (QED) is 0.786. The Morgan fingerprint density at radius 3 is 2.63 bits per heavy atom. The number of hydrogen-bond donors (Lipinski definition) is 0. The topological polar surface area (TPSA) is 35.0 Å². The van der Waals surface area contributed by atoms with E-state index in [1.807, 2.05) is 6.92 Å². The minimum Gasteiger partial charge on any atom is -0.439 e. The zero-order chi connectivity index (χ0) is 13.8. The van der Waals surface area contributed by atoms with Crippen LogP contribution in [0.25, 0.3) is 0 Å². The largest absolute Gasteiger partial charge is 0.439 e. The first kappa shape index (κ1) is 13.9. The third-order valence-electron chi connectivity index (χ3n) is 2.30. The van der Waals surface area contributed by atoms with Gasteiger partial charge in [-0.2, -0.15) is 4.98 Å². The van der Waals surface area contributed by atoms with Gasteiger partial charge in [-0.3, -0.25) is 0 Å². The van der Waals surface area contributed by atoms with Gasteiger partial charge in [0.2, 0.25) is 5.88 Å². The van der Waals surface area contributed by atoms with E-state index in [2.05, 4.69) is 25.9 Å². The van der Waals surface area contributed by atoms with Gasteiger partial charge in [0.25, 0.3) is 0 Å². The van der Waals surface area contributed by atoms with Crippen molar-refractivity contribution in [2.24, 2.45) is 0 Å². The number of benzene rings is 1. The predicted molar refractivity (Wildman–Crippen MR) is 70.2 cm³/mol. The Kier molecular flexibility index (Phi) is 4.42. The number of aromatic nitrogens is 2. The average molecular weight is 329 g/mol. The summed E-state index contributed by atoms with van der Waals surface area (Å²) in [5.41, 5.74) is 0. The molecular weight excluding hydrogens is 318 g/mol. The van der Waals surface area contributed by atoms with E-state index in [1.54, 1.807) is 6.07 Å². The van der Waals surface area contributed by atoms with Gasteiger partial charge in [-0.25, -0.2) is 13.8 Å². The van der Waals surface area contributed by atoms with Gasteiger partial charge < -0.3 is 4.74 Å². The number of ether oxygens (including phenoxy) is 1. The van der Waals surface area contributed by atoms with Crippen LogP contribution in [0.15, 0.2) is 28.9 Å². The molecule has 1 heterocycles. The molecule has 0 saturated carbocycles. The normalized spacial score (nSPS) is 10.5. The second-order valence-corrected chi connectivity index (χ2v) is 4.69. The van der Waals surface area contributed by atoms with Gasteiger partial charge in [-0.05, 0) is 34.5 Å². The fraction of sp³-hybridized carbons (Fsp3) is 0.231. The maximum Gasteiger partial charge on any atom is 0.223 e. The molecule has 0 radical (unpaired) electrons. The maximum atomic E-state index is 13.1. The first-order chi connectivity index (χ1) is 9.08. The predicted octanol–water partition coefficient (Wildman–Crippen LogP) is 4.26. The molecular formula is C13H11BrF2N2O. The molecule has 0 aliphatic heterocycles. The molecule has 2 rings (SSSR count). The van der Waals surface area contributed by atoms with Crippen molar-refractivity contribution in [1.29, 1.82) is 0 Å². The third-order valence-corrected chi connectivity index (χ3v) is 2.71. The molecule has 19 heavy (non-hydrogen) atoms. The van der Waals surface area contributed by atoms with Crippen LogP contribution in [0.5, 0.6) is 11.6 Å². The molecule has 6 heteroatoms. The standard InChI is InChI=1S/C13H11BrF2N2O/c1-2-3-12-17-11(14)7-13(18-12)19-8-4-5-9(15)10(16)6-8/h4-7H,2-3H2,1H3. The first-order valence-corrected chi connectivity index (χ1v) is 6.54. The van der Waals surface area contributed by atoms with Crippen LogP contribution in [-0.2, 0) is 6.42 Å². The number of nitrogens with zero attached hydrogens (tertiary/aromatic N) is 2. The van der Waals surface area contributed by atoms with E-state index >= 15 is 0 Å². The zero-order valence-electron chi connectivity index (χ0n) is 10.2. The molecule has 3 nitrogen and oxygen atoms in total. The van der Waals surface area contributed by atoms with Crippen LogP contribution in [0.2, 0.25) is 0 Å². The van der Waals surface area contributed by atoms with E-state index < -0.39 is 11.6 Å². The summed E-state index contributed by atoms with van der Waals surface area (Å²) in [6, 6.07) is 4.90. The molecule has 0 N–H and O–H groups in total. The van der Waals surface area contributed by atoms with E-state index in [0.29, 0.717) is 16.8 Å². The fourth-order valence-electron chi connectivity index (χ4n) is 1.49. The van der Waals surface area contributed by atoms with E-state index in [1.165, 1.54) is 6.07 Å². The van der Waals surface area contributed by atoms with E-state index in [0.717, 1.165) is 18.6 Å². The van der Waals surface area contributed by atoms with Crippen molar-refractivity contribution in [3.05, 3.63) is 46.3 Å². The van der Waals surface area contributed by atoms with Crippen molar-refractivity contribution in [3.63, 3.8) is 0 Å². The first-order valence-electron chi connectivity index (χ1n) is 5.75. The summed E-state index contributed by atoms with van der Waals surface area (Å²) in [5, 5.41) is 0.